The first-order valence-electron chi connectivity index (χ1n) is 18.5. The van der Waals surface area contributed by atoms with E-state index >= 15 is 8.78 Å². The van der Waals surface area contributed by atoms with Gasteiger partial charge in [-0.1, -0.05) is 29.8 Å². The second-order valence-electron chi connectivity index (χ2n) is 15.5. The zero-order chi connectivity index (χ0) is 37.8. The third-order valence-corrected chi connectivity index (χ3v) is 11.2. The van der Waals surface area contributed by atoms with Crippen LogP contribution >= 0.6 is 11.6 Å². The van der Waals surface area contributed by atoms with Crippen molar-refractivity contribution in [1.29, 1.82) is 0 Å². The van der Waals surface area contributed by atoms with Crippen LogP contribution in [0.4, 0.5) is 13.6 Å². The zero-order valence-corrected chi connectivity index (χ0v) is 31.8. The average Bonchev–Trinajstić information content (AvgIpc) is 3.74. The lowest BCUT2D eigenvalue weighted by molar-refractivity contribution is 0.0259. The van der Waals surface area contributed by atoms with Gasteiger partial charge in [-0.25, -0.2) is 18.6 Å². The molecule has 0 spiro atoms. The van der Waals surface area contributed by atoms with E-state index in [4.69, 9.17) is 40.3 Å². The second-order valence-corrected chi connectivity index (χ2v) is 16.0. The molecule has 54 heavy (non-hydrogen) atoms. The maximum absolute atomic E-state index is 17.3. The molecule has 4 aliphatic rings. The average molecular weight is 760 g/mol. The molecule has 1 amide bonds. The van der Waals surface area contributed by atoms with Gasteiger partial charge in [0.2, 0.25) is 0 Å². The number of methoxy groups -OCH3 is 1. The number of carbonyl (C=O) groups excluding carboxylic acids is 1. The number of rotatable bonds is 8. The van der Waals surface area contributed by atoms with Gasteiger partial charge in [0.15, 0.2) is 11.6 Å². The van der Waals surface area contributed by atoms with Crippen LogP contribution in [0, 0.1) is 11.6 Å². The monoisotopic (exact) mass is 759 g/mol. The molecule has 0 saturated carbocycles. The predicted molar refractivity (Wildman–Crippen MR) is 203 cm³/mol. The van der Waals surface area contributed by atoms with Gasteiger partial charge < -0.3 is 28.6 Å². The smallest absolute Gasteiger partial charge is 0.410 e. The highest BCUT2D eigenvalue weighted by molar-refractivity contribution is 6.34. The molecule has 4 aliphatic heterocycles. The summed E-state index contributed by atoms with van der Waals surface area (Å²) in [5.74, 6) is -0.0678. The molecule has 284 valence electrons. The summed E-state index contributed by atoms with van der Waals surface area (Å²) in [6.45, 7) is 8.93. The van der Waals surface area contributed by atoms with Crippen LogP contribution in [0.15, 0.2) is 54.1 Å². The molecule has 0 atom stereocenters. The van der Waals surface area contributed by atoms with E-state index in [-0.39, 0.29) is 52.0 Å². The van der Waals surface area contributed by atoms with Gasteiger partial charge in [0.1, 0.15) is 48.3 Å². The van der Waals surface area contributed by atoms with Crippen LogP contribution in [0.1, 0.15) is 64.0 Å². The molecule has 3 aromatic carbocycles. The summed E-state index contributed by atoms with van der Waals surface area (Å²) in [6.07, 6.45) is 4.28. The van der Waals surface area contributed by atoms with E-state index in [1.165, 1.54) is 12.1 Å². The number of fused-ring (bicyclic) bond motifs is 5. The Labute approximate surface area is 318 Å². The number of benzene rings is 3. The molecule has 0 unspecified atom stereocenters. The highest BCUT2D eigenvalue weighted by Crippen LogP contribution is 2.50. The van der Waals surface area contributed by atoms with E-state index in [2.05, 4.69) is 4.90 Å². The summed E-state index contributed by atoms with van der Waals surface area (Å²) in [4.78, 5) is 22.0. The summed E-state index contributed by atoms with van der Waals surface area (Å²) < 4.78 is 63.2. The molecule has 1 aromatic heterocycles. The van der Waals surface area contributed by atoms with Gasteiger partial charge in [0.25, 0.3) is 5.88 Å². The Bertz CT molecular complexity index is 2140. The molecule has 9 nitrogen and oxygen atoms in total. The number of halogens is 3. The Balaban J connectivity index is 1.23. The maximum Gasteiger partial charge on any atom is 0.410 e. The zero-order valence-electron chi connectivity index (χ0n) is 31.0. The van der Waals surface area contributed by atoms with Crippen molar-refractivity contribution in [3.05, 3.63) is 81.9 Å². The first-order chi connectivity index (χ1) is 25.9. The third-order valence-electron chi connectivity index (χ3n) is 10.9. The lowest BCUT2D eigenvalue weighted by Gasteiger charge is -2.36. The van der Waals surface area contributed by atoms with Gasteiger partial charge in [0, 0.05) is 29.6 Å². The van der Waals surface area contributed by atoms with E-state index in [0.717, 1.165) is 55.5 Å². The first kappa shape index (κ1) is 36.4. The highest BCUT2D eigenvalue weighted by atomic mass is 35.5. The minimum Gasteiger partial charge on any atom is -0.497 e. The van der Waals surface area contributed by atoms with Crippen LogP contribution < -0.4 is 18.9 Å². The molecule has 5 heterocycles. The largest absolute Gasteiger partial charge is 0.497 e. The number of ether oxygens (including phenoxy) is 5. The van der Waals surface area contributed by atoms with Crippen molar-refractivity contribution < 1.29 is 37.3 Å². The van der Waals surface area contributed by atoms with Crippen LogP contribution in [-0.4, -0.2) is 78.5 Å². The van der Waals surface area contributed by atoms with Crippen LogP contribution in [0.25, 0.3) is 27.6 Å². The molecule has 0 N–H and O–H groups in total. The number of nitrogens with zero attached hydrogens (tertiary/aromatic N) is 3. The molecule has 2 fully saturated rings. The summed E-state index contributed by atoms with van der Waals surface area (Å²) in [7, 11) is 1.59. The number of amides is 1. The third kappa shape index (κ3) is 6.70. The fourth-order valence-electron chi connectivity index (χ4n) is 8.37. The molecule has 8 rings (SSSR count). The van der Waals surface area contributed by atoms with E-state index in [1.54, 1.807) is 36.3 Å². The SMILES string of the molecule is COc1ccc(COc2cccc(F)c2-c2c(Cl)cc3c4c(c(OCC56CCCN5CCC6)nc3c2F)OCC2=C4CCN(C(=O)OC(C)(C)C)C2)cc1. The quantitative estimate of drug-likeness (QED) is 0.176. The van der Waals surface area contributed by atoms with Crippen LogP contribution in [0.3, 0.4) is 0 Å². The van der Waals surface area contributed by atoms with Crippen molar-refractivity contribution in [1.82, 2.24) is 14.8 Å². The number of hydrogen-bond donors (Lipinski definition) is 0. The predicted octanol–water partition coefficient (Wildman–Crippen LogP) is 9.22. The van der Waals surface area contributed by atoms with Crippen molar-refractivity contribution >= 4 is 34.2 Å². The van der Waals surface area contributed by atoms with Crippen LogP contribution in [-0.2, 0) is 11.3 Å². The van der Waals surface area contributed by atoms with Gasteiger partial charge >= 0.3 is 6.09 Å². The molecule has 2 saturated heterocycles. The van der Waals surface area contributed by atoms with Crippen molar-refractivity contribution in [3.8, 4) is 34.3 Å². The summed E-state index contributed by atoms with van der Waals surface area (Å²) in [6, 6.07) is 13.3. The van der Waals surface area contributed by atoms with Gasteiger partial charge in [-0.2, -0.15) is 0 Å². The summed E-state index contributed by atoms with van der Waals surface area (Å²) in [5, 5.41) is 0.405. The molecule has 0 radical (unpaired) electrons. The Morgan fingerprint density at radius 3 is 2.48 bits per heavy atom. The number of aromatic nitrogens is 1. The van der Waals surface area contributed by atoms with Crippen molar-refractivity contribution in [2.75, 3.05) is 46.5 Å². The number of pyridine rings is 1. The Hall–Kier alpha value is -4.61. The Morgan fingerprint density at radius 1 is 1.00 bits per heavy atom. The number of carbonyl (C=O) groups is 1. The molecule has 0 aliphatic carbocycles. The van der Waals surface area contributed by atoms with Crippen molar-refractivity contribution in [3.63, 3.8) is 0 Å². The minimum absolute atomic E-state index is 0.0116. The number of hydrogen-bond acceptors (Lipinski definition) is 8. The van der Waals surface area contributed by atoms with Crippen molar-refractivity contribution in [2.24, 2.45) is 0 Å². The van der Waals surface area contributed by atoms with Crippen LogP contribution in [0.5, 0.6) is 23.1 Å². The molecular weight excluding hydrogens is 716 g/mol. The topological polar surface area (TPSA) is 82.6 Å². The second kappa shape index (κ2) is 14.2. The molecule has 12 heteroatoms. The lowest BCUT2D eigenvalue weighted by atomic mass is 9.88. The molecular formula is C42H44ClF2N3O6. The van der Waals surface area contributed by atoms with E-state index in [9.17, 15) is 4.79 Å². The first-order valence-corrected chi connectivity index (χ1v) is 18.9. The minimum atomic E-state index is -0.801. The Kier molecular flexibility index (Phi) is 9.58. The van der Waals surface area contributed by atoms with Crippen molar-refractivity contribution in [2.45, 2.75) is 70.6 Å². The maximum atomic E-state index is 17.3. The van der Waals surface area contributed by atoms with Gasteiger partial charge in [-0.05, 0) is 113 Å². The normalized spacial score (nSPS) is 17.9. The van der Waals surface area contributed by atoms with E-state index in [0.29, 0.717) is 48.6 Å². The molecule has 0 bridgehead atoms. The Morgan fingerprint density at radius 2 is 1.76 bits per heavy atom. The van der Waals surface area contributed by atoms with Gasteiger partial charge in [-0.3, -0.25) is 4.90 Å². The summed E-state index contributed by atoms with van der Waals surface area (Å²) >= 11 is 6.96. The van der Waals surface area contributed by atoms with E-state index < -0.39 is 23.3 Å². The molecule has 4 aromatic rings. The van der Waals surface area contributed by atoms with E-state index in [1.807, 2.05) is 32.9 Å². The van der Waals surface area contributed by atoms with Gasteiger partial charge in [0.05, 0.1) is 23.2 Å². The lowest BCUT2D eigenvalue weighted by Crippen LogP contribution is -2.43. The summed E-state index contributed by atoms with van der Waals surface area (Å²) in [5.41, 5.74) is 2.21. The fraction of sp³-hybridized carbons (Fsp3) is 0.429. The highest BCUT2D eigenvalue weighted by Gasteiger charge is 2.45. The standard InChI is InChI=1S/C42H44ClF2N3O6/c1-41(2,3)54-40(49)47-19-14-28-26(21-47)23-52-38-33(28)29-20-30(43)34(35-31(44)8-5-9-32(35)51-22-25-10-12-27(50-4)13-11-25)36(45)37(29)46-39(38)53-24-42-15-6-17-48(42)18-7-16-42/h5,8-13,20H,6-7,14-19,21-24H2,1-4H3. The van der Waals surface area contributed by atoms with Crippen LogP contribution in [0.2, 0.25) is 5.02 Å². The van der Waals surface area contributed by atoms with Gasteiger partial charge in [-0.15, -0.1) is 0 Å². The fourth-order valence-corrected chi connectivity index (χ4v) is 8.66.